The minimum atomic E-state index is -0.0553. The predicted octanol–water partition coefficient (Wildman–Crippen LogP) is 4.04. The van der Waals surface area contributed by atoms with E-state index < -0.39 is 0 Å². The quantitative estimate of drug-likeness (QED) is 0.864. The summed E-state index contributed by atoms with van der Waals surface area (Å²) in [6, 6.07) is 17.5. The molecule has 2 amide bonds. The van der Waals surface area contributed by atoms with E-state index in [4.69, 9.17) is 4.74 Å². The first-order chi connectivity index (χ1) is 12.2. The lowest BCUT2D eigenvalue weighted by atomic mass is 10.1. The maximum absolute atomic E-state index is 12.4. The van der Waals surface area contributed by atoms with Gasteiger partial charge < -0.3 is 15.0 Å². The van der Waals surface area contributed by atoms with Crippen LogP contribution < -0.4 is 10.1 Å². The van der Waals surface area contributed by atoms with Gasteiger partial charge in [0, 0.05) is 30.9 Å². The Labute approximate surface area is 149 Å². The molecular formula is C20H25N3O2. The molecule has 1 aliphatic rings. The number of likely N-dealkylation sites (N-methyl/N-ethyl adjacent to an activating group) is 1. The summed E-state index contributed by atoms with van der Waals surface area (Å²) in [5, 5.41) is 2.95. The summed E-state index contributed by atoms with van der Waals surface area (Å²) in [5.41, 5.74) is 0.740. The van der Waals surface area contributed by atoms with E-state index in [0.717, 1.165) is 37.6 Å². The van der Waals surface area contributed by atoms with Gasteiger partial charge >= 0.3 is 6.03 Å². The average molecular weight is 339 g/mol. The number of para-hydroxylation sites is 1. The van der Waals surface area contributed by atoms with Gasteiger partial charge in [0.25, 0.3) is 0 Å². The van der Waals surface area contributed by atoms with Crippen molar-refractivity contribution in [3.63, 3.8) is 0 Å². The summed E-state index contributed by atoms with van der Waals surface area (Å²) in [4.78, 5) is 16.6. The molecule has 0 aliphatic carbocycles. The van der Waals surface area contributed by atoms with E-state index in [2.05, 4.69) is 24.1 Å². The Morgan fingerprint density at radius 1 is 1.08 bits per heavy atom. The van der Waals surface area contributed by atoms with Crippen molar-refractivity contribution in [3.8, 4) is 11.5 Å². The van der Waals surface area contributed by atoms with Crippen LogP contribution in [0.1, 0.15) is 13.8 Å². The van der Waals surface area contributed by atoms with E-state index in [1.807, 2.05) is 59.5 Å². The third kappa shape index (κ3) is 4.31. The number of carbonyl (C=O) groups is 1. The molecular weight excluding hydrogens is 314 g/mol. The SMILES string of the molecule is CCN(CC)C1CN(C(=O)Nc2cccc(Oc3ccccc3)c2)C1. The van der Waals surface area contributed by atoms with Crippen LogP contribution in [0.15, 0.2) is 54.6 Å². The number of benzene rings is 2. The highest BCUT2D eigenvalue weighted by Crippen LogP contribution is 2.24. The molecule has 132 valence electrons. The molecule has 0 radical (unpaired) electrons. The zero-order chi connectivity index (χ0) is 17.6. The molecule has 1 aliphatic heterocycles. The van der Waals surface area contributed by atoms with Crippen LogP contribution in [0.5, 0.6) is 11.5 Å². The lowest BCUT2D eigenvalue weighted by molar-refractivity contribution is 0.0685. The van der Waals surface area contributed by atoms with Crippen LogP contribution in [-0.2, 0) is 0 Å². The fraction of sp³-hybridized carbons (Fsp3) is 0.350. The minimum absolute atomic E-state index is 0.0553. The number of amides is 2. The van der Waals surface area contributed by atoms with Crippen molar-refractivity contribution >= 4 is 11.7 Å². The maximum Gasteiger partial charge on any atom is 0.321 e. The van der Waals surface area contributed by atoms with Crippen molar-refractivity contribution in [3.05, 3.63) is 54.6 Å². The van der Waals surface area contributed by atoms with Gasteiger partial charge in [-0.2, -0.15) is 0 Å². The second-order valence-electron chi connectivity index (χ2n) is 6.15. The maximum atomic E-state index is 12.4. The second kappa shape index (κ2) is 8.03. The van der Waals surface area contributed by atoms with Crippen molar-refractivity contribution < 1.29 is 9.53 Å². The molecule has 1 fully saturated rings. The smallest absolute Gasteiger partial charge is 0.321 e. The van der Waals surface area contributed by atoms with Crippen molar-refractivity contribution in [1.29, 1.82) is 0 Å². The van der Waals surface area contributed by atoms with E-state index in [1.165, 1.54) is 0 Å². The van der Waals surface area contributed by atoms with Gasteiger partial charge in [-0.15, -0.1) is 0 Å². The molecule has 0 bridgehead atoms. The number of carbonyl (C=O) groups excluding carboxylic acids is 1. The van der Waals surface area contributed by atoms with Crippen LogP contribution in [-0.4, -0.2) is 48.1 Å². The van der Waals surface area contributed by atoms with Crippen LogP contribution in [0.3, 0.4) is 0 Å². The summed E-state index contributed by atoms with van der Waals surface area (Å²) < 4.78 is 5.81. The summed E-state index contributed by atoms with van der Waals surface area (Å²) in [7, 11) is 0. The van der Waals surface area contributed by atoms with Gasteiger partial charge in [0.15, 0.2) is 0 Å². The van der Waals surface area contributed by atoms with Gasteiger partial charge in [0.05, 0.1) is 0 Å². The molecule has 0 saturated carbocycles. The van der Waals surface area contributed by atoms with Gasteiger partial charge in [0.1, 0.15) is 11.5 Å². The highest BCUT2D eigenvalue weighted by atomic mass is 16.5. The Morgan fingerprint density at radius 3 is 2.44 bits per heavy atom. The van der Waals surface area contributed by atoms with Crippen LogP contribution in [0, 0.1) is 0 Å². The van der Waals surface area contributed by atoms with Crippen LogP contribution in [0.4, 0.5) is 10.5 Å². The van der Waals surface area contributed by atoms with E-state index in [0.29, 0.717) is 11.8 Å². The monoisotopic (exact) mass is 339 g/mol. The van der Waals surface area contributed by atoms with Crippen LogP contribution in [0.2, 0.25) is 0 Å². The zero-order valence-electron chi connectivity index (χ0n) is 14.8. The van der Waals surface area contributed by atoms with Crippen molar-refractivity contribution in [2.75, 3.05) is 31.5 Å². The molecule has 2 aromatic rings. The molecule has 5 nitrogen and oxygen atoms in total. The first-order valence-electron chi connectivity index (χ1n) is 8.82. The number of hydrogen-bond donors (Lipinski definition) is 1. The van der Waals surface area contributed by atoms with E-state index in [1.54, 1.807) is 0 Å². The Bertz CT molecular complexity index is 695. The topological polar surface area (TPSA) is 44.8 Å². The van der Waals surface area contributed by atoms with Gasteiger partial charge in [-0.05, 0) is 37.4 Å². The molecule has 0 aromatic heterocycles. The number of rotatable bonds is 6. The molecule has 1 heterocycles. The van der Waals surface area contributed by atoms with Gasteiger partial charge in [-0.1, -0.05) is 38.1 Å². The highest BCUT2D eigenvalue weighted by Gasteiger charge is 2.33. The summed E-state index contributed by atoms with van der Waals surface area (Å²) in [6.45, 7) is 7.93. The second-order valence-corrected chi connectivity index (χ2v) is 6.15. The van der Waals surface area contributed by atoms with E-state index in [-0.39, 0.29) is 6.03 Å². The molecule has 2 aromatic carbocycles. The normalized spacial score (nSPS) is 14.3. The number of likely N-dealkylation sites (tertiary alicyclic amines) is 1. The third-order valence-corrected chi connectivity index (χ3v) is 4.54. The number of hydrogen-bond acceptors (Lipinski definition) is 3. The fourth-order valence-corrected chi connectivity index (χ4v) is 3.06. The first kappa shape index (κ1) is 17.3. The summed E-state index contributed by atoms with van der Waals surface area (Å²) in [5.74, 6) is 1.48. The Kier molecular flexibility index (Phi) is 5.56. The number of anilines is 1. The average Bonchev–Trinajstić information content (AvgIpc) is 2.58. The molecule has 25 heavy (non-hydrogen) atoms. The summed E-state index contributed by atoms with van der Waals surface area (Å²) in [6.07, 6.45) is 0. The van der Waals surface area contributed by atoms with Crippen molar-refractivity contribution in [2.24, 2.45) is 0 Å². The first-order valence-corrected chi connectivity index (χ1v) is 8.82. The number of nitrogens with zero attached hydrogens (tertiary/aromatic N) is 2. The molecule has 1 N–H and O–H groups in total. The van der Waals surface area contributed by atoms with E-state index in [9.17, 15) is 4.79 Å². The Morgan fingerprint density at radius 2 is 1.76 bits per heavy atom. The predicted molar refractivity (Wildman–Crippen MR) is 100 cm³/mol. The molecule has 0 spiro atoms. The fourth-order valence-electron chi connectivity index (χ4n) is 3.06. The van der Waals surface area contributed by atoms with E-state index >= 15 is 0 Å². The lowest BCUT2D eigenvalue weighted by Crippen LogP contribution is -2.61. The summed E-state index contributed by atoms with van der Waals surface area (Å²) >= 11 is 0. The largest absolute Gasteiger partial charge is 0.457 e. The van der Waals surface area contributed by atoms with Gasteiger partial charge in [-0.3, -0.25) is 4.90 Å². The Hall–Kier alpha value is -2.53. The van der Waals surface area contributed by atoms with Gasteiger partial charge in [0.2, 0.25) is 0 Å². The minimum Gasteiger partial charge on any atom is -0.457 e. The molecule has 1 saturated heterocycles. The molecule has 0 atom stereocenters. The van der Waals surface area contributed by atoms with Crippen molar-refractivity contribution in [1.82, 2.24) is 9.80 Å². The zero-order valence-corrected chi connectivity index (χ0v) is 14.8. The third-order valence-electron chi connectivity index (χ3n) is 4.54. The molecule has 3 rings (SSSR count). The standard InChI is InChI=1S/C20H25N3O2/c1-3-22(4-2)17-14-23(15-17)20(24)21-16-9-8-12-19(13-16)25-18-10-6-5-7-11-18/h5-13,17H,3-4,14-15H2,1-2H3,(H,21,24). The lowest BCUT2D eigenvalue weighted by Gasteiger charge is -2.44. The van der Waals surface area contributed by atoms with Crippen LogP contribution in [0.25, 0.3) is 0 Å². The number of urea groups is 1. The Balaban J connectivity index is 1.55. The highest BCUT2D eigenvalue weighted by molar-refractivity contribution is 5.90. The molecule has 5 heteroatoms. The van der Waals surface area contributed by atoms with Crippen molar-refractivity contribution in [2.45, 2.75) is 19.9 Å². The number of ether oxygens (including phenoxy) is 1. The molecule has 0 unspecified atom stereocenters. The van der Waals surface area contributed by atoms with Gasteiger partial charge in [-0.25, -0.2) is 4.79 Å². The number of nitrogens with one attached hydrogen (secondary N) is 1. The van der Waals surface area contributed by atoms with Crippen LogP contribution >= 0.6 is 0 Å².